The molecular weight excluding hydrogens is 290 g/mol. The minimum atomic E-state index is -0.955. The Kier molecular flexibility index (Phi) is 4.37. The highest BCUT2D eigenvalue weighted by Gasteiger charge is 2.33. The van der Waals surface area contributed by atoms with Gasteiger partial charge in [0.1, 0.15) is 11.0 Å². The second-order valence-corrected chi connectivity index (χ2v) is 9.31. The zero-order valence-corrected chi connectivity index (χ0v) is 14.5. The predicted molar refractivity (Wildman–Crippen MR) is 95.1 cm³/mol. The van der Waals surface area contributed by atoms with Crippen molar-refractivity contribution in [2.45, 2.75) is 50.8 Å². The molecule has 0 aromatic heterocycles. The van der Waals surface area contributed by atoms with Gasteiger partial charge < -0.3 is 0 Å². The van der Waals surface area contributed by atoms with Gasteiger partial charge in [-0.1, -0.05) is 42.8 Å². The molecule has 2 nitrogen and oxygen atoms in total. The lowest BCUT2D eigenvalue weighted by molar-refractivity contribution is 0.264. The normalized spacial score (nSPS) is 21.9. The third-order valence-corrected chi connectivity index (χ3v) is 6.26. The van der Waals surface area contributed by atoms with Crippen molar-refractivity contribution >= 4 is 21.8 Å². The van der Waals surface area contributed by atoms with Crippen molar-refractivity contribution in [1.82, 2.24) is 4.31 Å². The molecule has 1 heterocycles. The summed E-state index contributed by atoms with van der Waals surface area (Å²) in [6.07, 6.45) is 3.46. The lowest BCUT2D eigenvalue weighted by Crippen LogP contribution is -2.42. The number of hydrogen-bond acceptors (Lipinski definition) is 1. The molecule has 1 saturated heterocycles. The van der Waals surface area contributed by atoms with E-state index in [9.17, 15) is 4.21 Å². The Bertz CT molecular complexity index is 689. The molecule has 0 bridgehead atoms. The number of rotatable bonds is 2. The Labute approximate surface area is 136 Å². The molecular formula is C19H25NOS. The first-order valence-electron chi connectivity index (χ1n) is 8.14. The van der Waals surface area contributed by atoms with Crippen LogP contribution in [-0.2, 0) is 11.0 Å². The van der Waals surface area contributed by atoms with Crippen LogP contribution in [0.3, 0.4) is 0 Å². The van der Waals surface area contributed by atoms with E-state index >= 15 is 0 Å². The molecule has 2 aromatic rings. The first-order valence-corrected chi connectivity index (χ1v) is 9.25. The molecule has 1 fully saturated rings. The Balaban J connectivity index is 1.96. The lowest BCUT2D eigenvalue weighted by atomic mass is 9.95. The molecule has 0 amide bonds. The van der Waals surface area contributed by atoms with Gasteiger partial charge in [-0.05, 0) is 56.0 Å². The summed E-state index contributed by atoms with van der Waals surface area (Å²) >= 11 is 0. The van der Waals surface area contributed by atoms with Crippen LogP contribution in [0.15, 0.2) is 42.5 Å². The van der Waals surface area contributed by atoms with Gasteiger partial charge >= 0.3 is 0 Å². The predicted octanol–water partition coefficient (Wildman–Crippen LogP) is 4.83. The zero-order chi connectivity index (χ0) is 15.7. The van der Waals surface area contributed by atoms with E-state index in [-0.39, 0.29) is 10.8 Å². The van der Waals surface area contributed by atoms with E-state index in [1.165, 1.54) is 22.8 Å². The summed E-state index contributed by atoms with van der Waals surface area (Å²) in [7, 11) is -0.955. The van der Waals surface area contributed by atoms with Crippen LogP contribution in [0.25, 0.3) is 10.8 Å². The molecule has 118 valence electrons. The molecule has 0 saturated carbocycles. The van der Waals surface area contributed by atoms with Crippen LogP contribution >= 0.6 is 0 Å². The molecule has 3 rings (SSSR count). The summed E-state index contributed by atoms with van der Waals surface area (Å²) in [5.74, 6) is 0. The van der Waals surface area contributed by atoms with Gasteiger partial charge in [-0.2, -0.15) is 0 Å². The van der Waals surface area contributed by atoms with E-state index in [1.54, 1.807) is 0 Å². The Hall–Kier alpha value is -1.19. The maximum absolute atomic E-state index is 12.9. The van der Waals surface area contributed by atoms with Gasteiger partial charge in [-0.25, -0.2) is 8.51 Å². The number of piperidine rings is 1. The topological polar surface area (TPSA) is 20.3 Å². The van der Waals surface area contributed by atoms with Crippen LogP contribution in [0, 0.1) is 0 Å². The molecule has 0 spiro atoms. The fourth-order valence-electron chi connectivity index (χ4n) is 3.20. The van der Waals surface area contributed by atoms with Crippen LogP contribution in [0.2, 0.25) is 0 Å². The fraction of sp³-hybridized carbons (Fsp3) is 0.474. The monoisotopic (exact) mass is 315 g/mol. The highest BCUT2D eigenvalue weighted by Crippen LogP contribution is 2.35. The number of benzene rings is 2. The van der Waals surface area contributed by atoms with Crippen molar-refractivity contribution in [2.75, 3.05) is 6.54 Å². The molecule has 0 N–H and O–H groups in total. The van der Waals surface area contributed by atoms with E-state index in [0.717, 1.165) is 19.4 Å². The van der Waals surface area contributed by atoms with Crippen molar-refractivity contribution in [1.29, 1.82) is 0 Å². The molecule has 22 heavy (non-hydrogen) atoms. The molecule has 2 aromatic carbocycles. The minimum absolute atomic E-state index is 0.202. The first kappa shape index (κ1) is 15.7. The van der Waals surface area contributed by atoms with Gasteiger partial charge in [0.25, 0.3) is 0 Å². The van der Waals surface area contributed by atoms with Gasteiger partial charge in [0, 0.05) is 12.6 Å². The fourth-order valence-corrected chi connectivity index (χ4v) is 4.66. The molecule has 1 aliphatic heterocycles. The third kappa shape index (κ3) is 3.11. The molecule has 0 unspecified atom stereocenters. The average Bonchev–Trinajstić information content (AvgIpc) is 2.53. The zero-order valence-electron chi connectivity index (χ0n) is 13.7. The standard InChI is InChI=1S/C19H25NOS/c1-19(2,3)22(21)20-13-7-6-10-18(20)17-12-11-15-8-4-5-9-16(15)14-17/h4-5,8-9,11-12,14,18H,6-7,10,13H2,1-3H3/t18-,22-/m1/s1. The lowest BCUT2D eigenvalue weighted by Gasteiger charge is -2.38. The van der Waals surface area contributed by atoms with Crippen molar-refractivity contribution in [2.24, 2.45) is 0 Å². The summed E-state index contributed by atoms with van der Waals surface area (Å²) in [5, 5.41) is 2.54. The summed E-state index contributed by atoms with van der Waals surface area (Å²) in [6, 6.07) is 15.4. The SMILES string of the molecule is CC(C)(C)[S@@](=O)N1CCCC[C@@H]1c1ccc2ccccc2c1. The largest absolute Gasteiger partial charge is 0.242 e. The summed E-state index contributed by atoms with van der Waals surface area (Å²) in [4.78, 5) is 0. The highest BCUT2D eigenvalue weighted by atomic mass is 32.2. The van der Waals surface area contributed by atoms with Crippen LogP contribution in [0.5, 0.6) is 0 Å². The van der Waals surface area contributed by atoms with Crippen LogP contribution in [-0.4, -0.2) is 19.8 Å². The number of fused-ring (bicyclic) bond motifs is 1. The third-order valence-electron chi connectivity index (χ3n) is 4.35. The summed E-state index contributed by atoms with van der Waals surface area (Å²) < 4.78 is 14.9. The van der Waals surface area contributed by atoms with Crippen LogP contribution < -0.4 is 0 Å². The van der Waals surface area contributed by atoms with Crippen LogP contribution in [0.1, 0.15) is 51.6 Å². The van der Waals surface area contributed by atoms with Gasteiger partial charge in [-0.3, -0.25) is 0 Å². The molecule has 0 aliphatic carbocycles. The molecule has 3 heteroatoms. The Morgan fingerprint density at radius 1 is 1.05 bits per heavy atom. The van der Waals surface area contributed by atoms with Crippen molar-refractivity contribution in [3.05, 3.63) is 48.0 Å². The summed E-state index contributed by atoms with van der Waals surface area (Å²) in [5.41, 5.74) is 1.30. The molecule has 2 atom stereocenters. The summed E-state index contributed by atoms with van der Waals surface area (Å²) in [6.45, 7) is 7.13. The maximum Gasteiger partial charge on any atom is 0.100 e. The van der Waals surface area contributed by atoms with Gasteiger partial charge in [-0.15, -0.1) is 0 Å². The Morgan fingerprint density at radius 2 is 1.77 bits per heavy atom. The van der Waals surface area contributed by atoms with Crippen molar-refractivity contribution < 1.29 is 4.21 Å². The smallest absolute Gasteiger partial charge is 0.100 e. The van der Waals surface area contributed by atoms with E-state index < -0.39 is 11.0 Å². The van der Waals surface area contributed by atoms with E-state index in [2.05, 4.69) is 67.5 Å². The molecule has 1 aliphatic rings. The molecule has 0 radical (unpaired) electrons. The van der Waals surface area contributed by atoms with Gasteiger partial charge in [0.05, 0.1) is 4.75 Å². The second-order valence-electron chi connectivity index (χ2n) is 7.12. The first-order chi connectivity index (χ1) is 10.5. The van der Waals surface area contributed by atoms with Crippen LogP contribution in [0.4, 0.5) is 0 Å². The van der Waals surface area contributed by atoms with E-state index in [0.29, 0.717) is 0 Å². The van der Waals surface area contributed by atoms with Gasteiger partial charge in [0.2, 0.25) is 0 Å². The second kappa shape index (κ2) is 6.13. The number of hydrogen-bond donors (Lipinski definition) is 0. The van der Waals surface area contributed by atoms with E-state index in [4.69, 9.17) is 0 Å². The highest BCUT2D eigenvalue weighted by molar-refractivity contribution is 7.84. The van der Waals surface area contributed by atoms with E-state index in [1.807, 2.05) is 0 Å². The number of nitrogens with zero attached hydrogens (tertiary/aromatic N) is 1. The maximum atomic E-state index is 12.9. The van der Waals surface area contributed by atoms with Gasteiger partial charge in [0.15, 0.2) is 0 Å². The Morgan fingerprint density at radius 3 is 2.50 bits per heavy atom. The van der Waals surface area contributed by atoms with Crippen molar-refractivity contribution in [3.63, 3.8) is 0 Å². The average molecular weight is 315 g/mol. The minimum Gasteiger partial charge on any atom is -0.242 e. The quantitative estimate of drug-likeness (QED) is 0.777. The van der Waals surface area contributed by atoms with Crippen molar-refractivity contribution in [3.8, 4) is 0 Å².